The van der Waals surface area contributed by atoms with Crippen molar-refractivity contribution < 1.29 is 9.90 Å². The molecule has 0 aliphatic rings. The van der Waals surface area contributed by atoms with Gasteiger partial charge in [0.15, 0.2) is 0 Å². The summed E-state index contributed by atoms with van der Waals surface area (Å²) in [7, 11) is 0. The molecule has 0 saturated heterocycles. The van der Waals surface area contributed by atoms with Crippen molar-refractivity contribution in [2.24, 2.45) is 0 Å². The highest BCUT2D eigenvalue weighted by Gasteiger charge is 2.11. The van der Waals surface area contributed by atoms with Crippen molar-refractivity contribution in [3.8, 4) is 0 Å². The number of nitrogens with one attached hydrogen (secondary N) is 1. The van der Waals surface area contributed by atoms with Gasteiger partial charge in [-0.05, 0) is 19.1 Å². The van der Waals surface area contributed by atoms with Gasteiger partial charge in [-0.2, -0.15) is 0 Å². The topological polar surface area (TPSA) is 66.0 Å². The van der Waals surface area contributed by atoms with Crippen molar-refractivity contribution >= 4 is 17.0 Å². The van der Waals surface area contributed by atoms with Gasteiger partial charge < -0.3 is 10.1 Å². The van der Waals surface area contributed by atoms with Gasteiger partial charge in [0.05, 0.1) is 17.5 Å². The minimum atomic E-state index is -0.834. The first-order valence-corrected chi connectivity index (χ1v) is 4.32. The van der Waals surface area contributed by atoms with Crippen LogP contribution in [0.2, 0.25) is 0 Å². The van der Waals surface area contributed by atoms with Gasteiger partial charge in [0, 0.05) is 17.5 Å². The Morgan fingerprint density at radius 3 is 3.14 bits per heavy atom. The van der Waals surface area contributed by atoms with E-state index in [4.69, 9.17) is 5.11 Å². The number of carboxylic acids is 1. The Kier molecular flexibility index (Phi) is 1.96. The summed E-state index contributed by atoms with van der Waals surface area (Å²) in [6.07, 6.45) is 1.68. The molecule has 2 aromatic rings. The van der Waals surface area contributed by atoms with Crippen LogP contribution in [-0.2, 0) is 11.2 Å². The Morgan fingerprint density at radius 1 is 1.64 bits per heavy atom. The van der Waals surface area contributed by atoms with E-state index in [0.717, 1.165) is 22.3 Å². The third kappa shape index (κ3) is 1.35. The lowest BCUT2D eigenvalue weighted by Crippen LogP contribution is -2.01. The molecule has 0 fully saturated rings. The molecular formula is C10H10N2O2. The van der Waals surface area contributed by atoms with Gasteiger partial charge in [0.1, 0.15) is 0 Å². The van der Waals surface area contributed by atoms with E-state index in [0.29, 0.717) is 0 Å². The monoisotopic (exact) mass is 190 g/mol. The zero-order valence-corrected chi connectivity index (χ0v) is 7.74. The predicted octanol–water partition coefficient (Wildman–Crippen LogP) is 1.50. The summed E-state index contributed by atoms with van der Waals surface area (Å²) in [6, 6.07) is 3.71. The second kappa shape index (κ2) is 3.14. The van der Waals surface area contributed by atoms with Gasteiger partial charge in [-0.15, -0.1) is 0 Å². The van der Waals surface area contributed by atoms with Crippen LogP contribution in [0.3, 0.4) is 0 Å². The lowest BCUT2D eigenvalue weighted by molar-refractivity contribution is -0.136. The zero-order chi connectivity index (χ0) is 10.1. The molecule has 4 nitrogen and oxygen atoms in total. The normalized spacial score (nSPS) is 10.6. The highest BCUT2D eigenvalue weighted by molar-refractivity contribution is 5.84. The second-order valence-electron chi connectivity index (χ2n) is 3.20. The summed E-state index contributed by atoms with van der Waals surface area (Å²) in [5.41, 5.74) is 3.29. The summed E-state index contributed by atoms with van der Waals surface area (Å²) < 4.78 is 0. The number of hydrogen-bond acceptors (Lipinski definition) is 2. The molecule has 0 unspecified atom stereocenters. The maximum Gasteiger partial charge on any atom is 0.307 e. The fourth-order valence-corrected chi connectivity index (χ4v) is 1.57. The Morgan fingerprint density at radius 2 is 2.43 bits per heavy atom. The van der Waals surface area contributed by atoms with Gasteiger partial charge >= 0.3 is 5.97 Å². The highest BCUT2D eigenvalue weighted by atomic mass is 16.4. The molecule has 0 radical (unpaired) electrons. The number of pyridine rings is 1. The van der Waals surface area contributed by atoms with Crippen LogP contribution in [0.4, 0.5) is 0 Å². The minimum Gasteiger partial charge on any atom is -0.481 e. The standard InChI is InChI=1S/C10H10N2O2/c1-6-7(5-9(13)14)10-8(12-6)3-2-4-11-10/h2-4,12H,5H2,1H3,(H,13,14). The molecule has 0 spiro atoms. The first-order chi connectivity index (χ1) is 6.68. The molecule has 2 N–H and O–H groups in total. The van der Waals surface area contributed by atoms with Gasteiger partial charge in [0.2, 0.25) is 0 Å². The molecule has 0 saturated carbocycles. The van der Waals surface area contributed by atoms with Crippen molar-refractivity contribution in [3.05, 3.63) is 29.6 Å². The molecule has 14 heavy (non-hydrogen) atoms. The van der Waals surface area contributed by atoms with Crippen LogP contribution in [0.25, 0.3) is 11.0 Å². The maximum absolute atomic E-state index is 10.6. The summed E-state index contributed by atoms with van der Waals surface area (Å²) in [5, 5.41) is 8.73. The number of aromatic amines is 1. The molecule has 2 aromatic heterocycles. The Balaban J connectivity index is 2.62. The first kappa shape index (κ1) is 8.74. The maximum atomic E-state index is 10.6. The van der Waals surface area contributed by atoms with Crippen molar-refractivity contribution in [1.82, 2.24) is 9.97 Å². The lowest BCUT2D eigenvalue weighted by Gasteiger charge is -1.94. The van der Waals surface area contributed by atoms with Crippen LogP contribution in [0, 0.1) is 6.92 Å². The molecule has 0 amide bonds. The van der Waals surface area contributed by atoms with E-state index in [9.17, 15) is 4.79 Å². The number of carboxylic acid groups (broad SMARTS) is 1. The second-order valence-corrected chi connectivity index (χ2v) is 3.20. The Labute approximate surface area is 80.6 Å². The molecule has 4 heteroatoms. The number of nitrogens with zero attached hydrogens (tertiary/aromatic N) is 1. The molecular weight excluding hydrogens is 180 g/mol. The van der Waals surface area contributed by atoms with Gasteiger partial charge in [-0.3, -0.25) is 9.78 Å². The zero-order valence-electron chi connectivity index (χ0n) is 7.74. The van der Waals surface area contributed by atoms with Crippen LogP contribution in [0.5, 0.6) is 0 Å². The van der Waals surface area contributed by atoms with Crippen LogP contribution >= 0.6 is 0 Å². The van der Waals surface area contributed by atoms with Gasteiger partial charge in [-0.1, -0.05) is 0 Å². The van der Waals surface area contributed by atoms with Crippen molar-refractivity contribution in [2.45, 2.75) is 13.3 Å². The Hall–Kier alpha value is -1.84. The van der Waals surface area contributed by atoms with E-state index in [2.05, 4.69) is 9.97 Å². The molecule has 0 bridgehead atoms. The number of carbonyl (C=O) groups is 1. The third-order valence-electron chi connectivity index (χ3n) is 2.20. The summed E-state index contributed by atoms with van der Waals surface area (Å²) in [5.74, 6) is -0.834. The number of fused-ring (bicyclic) bond motifs is 1. The average molecular weight is 190 g/mol. The molecule has 0 aliphatic heterocycles. The van der Waals surface area contributed by atoms with E-state index in [1.165, 1.54) is 0 Å². The molecule has 0 aliphatic carbocycles. The molecule has 0 aromatic carbocycles. The molecule has 0 atom stereocenters. The van der Waals surface area contributed by atoms with E-state index < -0.39 is 5.97 Å². The number of aromatic nitrogens is 2. The largest absolute Gasteiger partial charge is 0.481 e. The summed E-state index contributed by atoms with van der Waals surface area (Å²) >= 11 is 0. The fourth-order valence-electron chi connectivity index (χ4n) is 1.57. The minimum absolute atomic E-state index is 0.0167. The SMILES string of the molecule is Cc1[nH]c2cccnc2c1CC(=O)O. The van der Waals surface area contributed by atoms with Crippen LogP contribution in [-0.4, -0.2) is 21.0 Å². The third-order valence-corrected chi connectivity index (χ3v) is 2.20. The van der Waals surface area contributed by atoms with E-state index >= 15 is 0 Å². The number of H-pyrrole nitrogens is 1. The fraction of sp³-hybridized carbons (Fsp3) is 0.200. The number of hydrogen-bond donors (Lipinski definition) is 2. The van der Waals surface area contributed by atoms with Crippen molar-refractivity contribution in [3.63, 3.8) is 0 Å². The smallest absolute Gasteiger partial charge is 0.307 e. The Bertz CT molecular complexity index is 488. The van der Waals surface area contributed by atoms with Crippen LogP contribution in [0.15, 0.2) is 18.3 Å². The molecule has 2 rings (SSSR count). The number of rotatable bonds is 2. The number of aliphatic carboxylic acids is 1. The highest BCUT2D eigenvalue weighted by Crippen LogP contribution is 2.19. The number of aryl methyl sites for hydroxylation is 1. The predicted molar refractivity (Wildman–Crippen MR) is 52.2 cm³/mol. The van der Waals surface area contributed by atoms with E-state index in [-0.39, 0.29) is 6.42 Å². The molecule has 72 valence electrons. The summed E-state index contributed by atoms with van der Waals surface area (Å²) in [6.45, 7) is 1.86. The van der Waals surface area contributed by atoms with Gasteiger partial charge in [-0.25, -0.2) is 0 Å². The lowest BCUT2D eigenvalue weighted by atomic mass is 10.1. The van der Waals surface area contributed by atoms with E-state index in [1.54, 1.807) is 6.20 Å². The van der Waals surface area contributed by atoms with Crippen molar-refractivity contribution in [1.29, 1.82) is 0 Å². The van der Waals surface area contributed by atoms with Crippen LogP contribution < -0.4 is 0 Å². The van der Waals surface area contributed by atoms with Crippen LogP contribution in [0.1, 0.15) is 11.3 Å². The first-order valence-electron chi connectivity index (χ1n) is 4.32. The van der Waals surface area contributed by atoms with E-state index in [1.807, 2.05) is 19.1 Å². The average Bonchev–Trinajstić information content (AvgIpc) is 2.43. The van der Waals surface area contributed by atoms with Gasteiger partial charge in [0.25, 0.3) is 0 Å². The summed E-state index contributed by atoms with van der Waals surface area (Å²) in [4.78, 5) is 17.9. The van der Waals surface area contributed by atoms with Crippen molar-refractivity contribution in [2.75, 3.05) is 0 Å². The molecule has 2 heterocycles. The quantitative estimate of drug-likeness (QED) is 0.754.